The maximum absolute atomic E-state index is 12.7. The Morgan fingerprint density at radius 2 is 2.00 bits per heavy atom. The van der Waals surface area contributed by atoms with E-state index in [1.807, 2.05) is 0 Å². The molecule has 0 atom stereocenters. The Labute approximate surface area is 107 Å². The second-order valence-electron chi connectivity index (χ2n) is 3.72. The first-order valence-electron chi connectivity index (χ1n) is 5.26. The van der Waals surface area contributed by atoms with Gasteiger partial charge in [0.25, 0.3) is 0 Å². The highest BCUT2D eigenvalue weighted by Gasteiger charge is 2.31. The fourth-order valence-electron chi connectivity index (χ4n) is 1.58. The van der Waals surface area contributed by atoms with E-state index in [9.17, 15) is 13.2 Å². The first-order chi connectivity index (χ1) is 8.91. The number of nitrogens with zero attached hydrogens (tertiary/aromatic N) is 2. The number of rotatable bonds is 2. The highest BCUT2D eigenvalue weighted by molar-refractivity contribution is 5.64. The van der Waals surface area contributed by atoms with Crippen molar-refractivity contribution in [3.05, 3.63) is 36.0 Å². The van der Waals surface area contributed by atoms with Crippen LogP contribution in [0.2, 0.25) is 0 Å². The lowest BCUT2D eigenvalue weighted by atomic mass is 10.1. The van der Waals surface area contributed by atoms with E-state index in [1.165, 1.54) is 13.3 Å². The minimum Gasteiger partial charge on any atom is -0.494 e. The number of alkyl halides is 3. The topological polar surface area (TPSA) is 61.0 Å². The van der Waals surface area contributed by atoms with Crippen molar-refractivity contribution in [3.63, 3.8) is 0 Å². The Balaban J connectivity index is 2.60. The quantitative estimate of drug-likeness (QED) is 0.910. The summed E-state index contributed by atoms with van der Waals surface area (Å²) < 4.78 is 43.2. The van der Waals surface area contributed by atoms with Crippen LogP contribution < -0.4 is 10.5 Å². The Morgan fingerprint density at radius 1 is 1.26 bits per heavy atom. The smallest absolute Gasteiger partial charge is 0.416 e. The number of pyridine rings is 2. The molecule has 2 aromatic rings. The Bertz CT molecular complexity index is 599. The van der Waals surface area contributed by atoms with Gasteiger partial charge in [-0.1, -0.05) is 0 Å². The fourth-order valence-corrected chi connectivity index (χ4v) is 1.58. The second-order valence-corrected chi connectivity index (χ2v) is 3.72. The molecule has 100 valence electrons. The number of aromatic nitrogens is 2. The summed E-state index contributed by atoms with van der Waals surface area (Å²) in [6.45, 7) is 0. The van der Waals surface area contributed by atoms with Gasteiger partial charge in [0.05, 0.1) is 18.4 Å². The molecule has 4 nitrogen and oxygen atoms in total. The van der Waals surface area contributed by atoms with Crippen molar-refractivity contribution in [1.29, 1.82) is 0 Å². The average Bonchev–Trinajstić information content (AvgIpc) is 2.37. The van der Waals surface area contributed by atoms with Crippen LogP contribution in [-0.4, -0.2) is 17.1 Å². The van der Waals surface area contributed by atoms with Crippen LogP contribution in [0.25, 0.3) is 11.4 Å². The van der Waals surface area contributed by atoms with Gasteiger partial charge in [-0.15, -0.1) is 0 Å². The van der Waals surface area contributed by atoms with Crippen molar-refractivity contribution >= 4 is 5.82 Å². The van der Waals surface area contributed by atoms with Gasteiger partial charge in [-0.3, -0.25) is 4.98 Å². The molecular formula is C12H10F3N3O. The van der Waals surface area contributed by atoms with Gasteiger partial charge in [0, 0.05) is 6.20 Å². The van der Waals surface area contributed by atoms with Crippen molar-refractivity contribution in [2.45, 2.75) is 6.18 Å². The molecule has 0 aliphatic rings. The zero-order valence-corrected chi connectivity index (χ0v) is 9.90. The molecule has 0 amide bonds. The predicted molar refractivity (Wildman–Crippen MR) is 63.4 cm³/mol. The Kier molecular flexibility index (Phi) is 3.28. The molecule has 0 fully saturated rings. The van der Waals surface area contributed by atoms with Gasteiger partial charge in [-0.25, -0.2) is 4.98 Å². The summed E-state index contributed by atoms with van der Waals surface area (Å²) in [5.41, 5.74) is 4.76. The minimum atomic E-state index is -4.49. The molecule has 2 heterocycles. The number of hydrogen-bond donors (Lipinski definition) is 1. The molecule has 0 unspecified atom stereocenters. The lowest BCUT2D eigenvalue weighted by Gasteiger charge is -2.11. The van der Waals surface area contributed by atoms with Crippen LogP contribution >= 0.6 is 0 Å². The molecule has 0 saturated carbocycles. The molecule has 0 spiro atoms. The van der Waals surface area contributed by atoms with Crippen molar-refractivity contribution in [3.8, 4) is 17.1 Å². The molecule has 2 aromatic heterocycles. The van der Waals surface area contributed by atoms with E-state index in [-0.39, 0.29) is 17.2 Å². The molecular weight excluding hydrogens is 259 g/mol. The van der Waals surface area contributed by atoms with Crippen LogP contribution in [0.1, 0.15) is 5.56 Å². The molecule has 0 aliphatic carbocycles. The van der Waals surface area contributed by atoms with Gasteiger partial charge < -0.3 is 10.5 Å². The second kappa shape index (κ2) is 4.75. The van der Waals surface area contributed by atoms with Crippen molar-refractivity contribution in [2.24, 2.45) is 0 Å². The van der Waals surface area contributed by atoms with E-state index < -0.39 is 11.7 Å². The average molecular weight is 269 g/mol. The molecule has 0 saturated heterocycles. The molecule has 19 heavy (non-hydrogen) atoms. The van der Waals surface area contributed by atoms with Gasteiger partial charge in [0.15, 0.2) is 0 Å². The number of anilines is 1. The summed E-state index contributed by atoms with van der Waals surface area (Å²) in [6.07, 6.45) is -3.05. The summed E-state index contributed by atoms with van der Waals surface area (Å²) in [5.74, 6) is 0.103. The van der Waals surface area contributed by atoms with Crippen LogP contribution in [0, 0.1) is 0 Å². The third kappa shape index (κ3) is 2.75. The molecule has 2 rings (SSSR count). The van der Waals surface area contributed by atoms with Crippen molar-refractivity contribution in [2.75, 3.05) is 12.8 Å². The number of nitrogens with two attached hydrogens (primary N) is 1. The van der Waals surface area contributed by atoms with E-state index in [0.29, 0.717) is 5.75 Å². The summed E-state index contributed by atoms with van der Waals surface area (Å²) in [4.78, 5) is 7.84. The lowest BCUT2D eigenvalue weighted by molar-refractivity contribution is -0.137. The SMILES string of the molecule is COc1cccnc1-c1cc(C(F)(F)F)cc(N)n1. The minimum absolute atomic E-state index is 0.0183. The van der Waals surface area contributed by atoms with E-state index in [2.05, 4.69) is 9.97 Å². The van der Waals surface area contributed by atoms with Gasteiger partial charge >= 0.3 is 6.18 Å². The summed E-state index contributed by atoms with van der Waals surface area (Å²) in [5, 5.41) is 0. The van der Waals surface area contributed by atoms with Crippen LogP contribution in [0.3, 0.4) is 0 Å². The number of nitrogen functional groups attached to an aromatic ring is 1. The van der Waals surface area contributed by atoms with E-state index in [1.54, 1.807) is 12.1 Å². The van der Waals surface area contributed by atoms with Gasteiger partial charge in [-0.2, -0.15) is 13.2 Å². The zero-order chi connectivity index (χ0) is 14.0. The number of halogens is 3. The summed E-state index contributed by atoms with van der Waals surface area (Å²) in [7, 11) is 1.40. The third-order valence-corrected chi connectivity index (χ3v) is 2.41. The van der Waals surface area contributed by atoms with Crippen LogP contribution in [-0.2, 0) is 6.18 Å². The summed E-state index contributed by atoms with van der Waals surface area (Å²) >= 11 is 0. The first kappa shape index (κ1) is 13.1. The largest absolute Gasteiger partial charge is 0.494 e. The molecule has 0 aliphatic heterocycles. The highest BCUT2D eigenvalue weighted by Crippen LogP contribution is 2.34. The van der Waals surface area contributed by atoms with Crippen molar-refractivity contribution < 1.29 is 17.9 Å². The molecule has 2 N–H and O–H groups in total. The zero-order valence-electron chi connectivity index (χ0n) is 9.90. The van der Waals surface area contributed by atoms with E-state index in [0.717, 1.165) is 12.1 Å². The molecule has 0 aromatic carbocycles. The predicted octanol–water partition coefficient (Wildman–Crippen LogP) is 2.75. The van der Waals surface area contributed by atoms with Gasteiger partial charge in [0.2, 0.25) is 0 Å². The Morgan fingerprint density at radius 3 is 2.63 bits per heavy atom. The fraction of sp³-hybridized carbons (Fsp3) is 0.167. The van der Waals surface area contributed by atoms with Crippen LogP contribution in [0.15, 0.2) is 30.5 Å². The number of ether oxygens (including phenoxy) is 1. The van der Waals surface area contributed by atoms with Crippen molar-refractivity contribution in [1.82, 2.24) is 9.97 Å². The third-order valence-electron chi connectivity index (χ3n) is 2.41. The first-order valence-corrected chi connectivity index (χ1v) is 5.26. The lowest BCUT2D eigenvalue weighted by Crippen LogP contribution is -2.08. The van der Waals surface area contributed by atoms with Crippen LogP contribution in [0.4, 0.5) is 19.0 Å². The normalized spacial score (nSPS) is 11.4. The van der Waals surface area contributed by atoms with Crippen LogP contribution in [0.5, 0.6) is 5.75 Å². The molecule has 7 heteroatoms. The number of hydrogen-bond acceptors (Lipinski definition) is 4. The standard InChI is InChI=1S/C12H10F3N3O/c1-19-9-3-2-4-17-11(9)8-5-7(12(13,14)15)6-10(16)18-8/h2-6H,1H3,(H2,16,18). The highest BCUT2D eigenvalue weighted by atomic mass is 19.4. The number of methoxy groups -OCH3 is 1. The van der Waals surface area contributed by atoms with Gasteiger partial charge in [0.1, 0.15) is 17.3 Å². The van der Waals surface area contributed by atoms with Gasteiger partial charge in [-0.05, 0) is 24.3 Å². The maximum Gasteiger partial charge on any atom is 0.416 e. The van der Waals surface area contributed by atoms with E-state index >= 15 is 0 Å². The Hall–Kier alpha value is -2.31. The monoisotopic (exact) mass is 269 g/mol. The van der Waals surface area contributed by atoms with E-state index in [4.69, 9.17) is 10.5 Å². The maximum atomic E-state index is 12.7. The molecule has 0 bridgehead atoms. The summed E-state index contributed by atoms with van der Waals surface area (Å²) in [6, 6.07) is 4.86. The molecule has 0 radical (unpaired) electrons.